The maximum atomic E-state index is 11.4. The second-order valence-corrected chi connectivity index (χ2v) is 5.87. The molecule has 1 rings (SSSR count). The van der Waals surface area contributed by atoms with Gasteiger partial charge in [-0.05, 0) is 0 Å². The van der Waals surface area contributed by atoms with Crippen LogP contribution in [-0.2, 0) is 28.9 Å². The Morgan fingerprint density at radius 3 is 2.33 bits per heavy atom. The molecule has 0 spiro atoms. The molecule has 0 atom stereocenters. The van der Waals surface area contributed by atoms with E-state index in [0.717, 1.165) is 9.13 Å². The summed E-state index contributed by atoms with van der Waals surface area (Å²) in [5, 5.41) is 0. The highest BCUT2D eigenvalue weighted by Crippen LogP contribution is 2.03. The molecule has 0 N–H and O–H groups in total. The van der Waals surface area contributed by atoms with E-state index in [4.69, 9.17) is 10.7 Å². The van der Waals surface area contributed by atoms with Gasteiger partial charge < -0.3 is 4.57 Å². The summed E-state index contributed by atoms with van der Waals surface area (Å²) in [6.07, 6.45) is 1.17. The summed E-state index contributed by atoms with van der Waals surface area (Å²) >= 11 is 0. The first kappa shape index (κ1) is 12.0. The lowest BCUT2D eigenvalue weighted by Crippen LogP contribution is -2.38. The van der Waals surface area contributed by atoms with E-state index in [0.29, 0.717) is 0 Å². The van der Waals surface area contributed by atoms with Crippen molar-refractivity contribution in [3.8, 4) is 0 Å². The third-order valence-electron chi connectivity index (χ3n) is 1.85. The molecule has 0 saturated heterocycles. The lowest BCUT2D eigenvalue weighted by atomic mass is 10.4. The Balaban J connectivity index is 3.47. The van der Waals surface area contributed by atoms with Crippen LogP contribution in [0.15, 0.2) is 15.8 Å². The Kier molecular flexibility index (Phi) is 3.05. The first-order valence-corrected chi connectivity index (χ1v) is 6.38. The van der Waals surface area contributed by atoms with Gasteiger partial charge in [-0.25, -0.2) is 13.2 Å². The Hall–Kier alpha value is -1.08. The van der Waals surface area contributed by atoms with Crippen LogP contribution in [0.25, 0.3) is 0 Å². The van der Waals surface area contributed by atoms with Gasteiger partial charge in [0.05, 0.1) is 11.3 Å². The van der Waals surface area contributed by atoms with E-state index >= 15 is 0 Å². The molecule has 0 unspecified atom stereocenters. The molecular weight excluding hydrogens is 244 g/mol. The van der Waals surface area contributed by atoms with Crippen molar-refractivity contribution in [3.05, 3.63) is 32.6 Å². The van der Waals surface area contributed by atoms with Crippen LogP contribution in [-0.4, -0.2) is 17.6 Å². The van der Waals surface area contributed by atoms with Crippen LogP contribution in [0, 0.1) is 0 Å². The van der Waals surface area contributed by atoms with Crippen molar-refractivity contribution in [2.45, 2.75) is 5.75 Å². The molecule has 6 nitrogen and oxygen atoms in total. The Morgan fingerprint density at radius 2 is 1.87 bits per heavy atom. The van der Waals surface area contributed by atoms with Gasteiger partial charge in [0.15, 0.2) is 0 Å². The highest BCUT2D eigenvalue weighted by molar-refractivity contribution is 8.13. The fourth-order valence-corrected chi connectivity index (χ4v) is 2.09. The summed E-state index contributed by atoms with van der Waals surface area (Å²) in [6.45, 7) is 0. The van der Waals surface area contributed by atoms with Crippen molar-refractivity contribution in [2.75, 3.05) is 0 Å². The molecule has 1 aromatic heterocycles. The van der Waals surface area contributed by atoms with Crippen molar-refractivity contribution >= 4 is 19.7 Å². The second-order valence-electron chi connectivity index (χ2n) is 3.10. The number of aryl methyl sites for hydroxylation is 1. The van der Waals surface area contributed by atoms with Crippen LogP contribution < -0.4 is 11.2 Å². The third kappa shape index (κ3) is 2.69. The average Bonchev–Trinajstić information content (AvgIpc) is 2.08. The summed E-state index contributed by atoms with van der Waals surface area (Å²) in [7, 11) is 3.91. The molecule has 1 aromatic rings. The zero-order chi connectivity index (χ0) is 11.8. The topological polar surface area (TPSA) is 78.1 Å². The smallest absolute Gasteiger partial charge is 0.303 e. The molecule has 0 aromatic carbocycles. The monoisotopic (exact) mass is 252 g/mol. The second kappa shape index (κ2) is 3.82. The SMILES string of the molecule is Cn1cc(CS(=O)(=O)Cl)c(=O)n(C)c1=O. The maximum Gasteiger partial charge on any atom is 0.330 e. The summed E-state index contributed by atoms with van der Waals surface area (Å²) < 4.78 is 23.5. The summed E-state index contributed by atoms with van der Waals surface area (Å²) in [6, 6.07) is 0. The van der Waals surface area contributed by atoms with Crippen molar-refractivity contribution in [3.63, 3.8) is 0 Å². The van der Waals surface area contributed by atoms with Gasteiger partial charge >= 0.3 is 5.69 Å². The van der Waals surface area contributed by atoms with Gasteiger partial charge in [-0.1, -0.05) is 0 Å². The van der Waals surface area contributed by atoms with Crippen molar-refractivity contribution in [1.82, 2.24) is 9.13 Å². The molecule has 8 heteroatoms. The molecular formula is C7H9ClN2O4S. The summed E-state index contributed by atoms with van der Waals surface area (Å²) in [5.41, 5.74) is -1.20. The molecule has 84 valence electrons. The Labute approximate surface area is 90.1 Å². The predicted octanol–water partition coefficient (Wildman–Crippen LogP) is -0.847. The zero-order valence-corrected chi connectivity index (χ0v) is 9.67. The third-order valence-corrected chi connectivity index (χ3v) is 2.83. The van der Waals surface area contributed by atoms with Gasteiger partial charge in [-0.3, -0.25) is 9.36 Å². The van der Waals surface area contributed by atoms with Crippen LogP contribution in [0.1, 0.15) is 5.56 Å². The van der Waals surface area contributed by atoms with E-state index in [9.17, 15) is 18.0 Å². The van der Waals surface area contributed by atoms with Gasteiger partial charge in [0.25, 0.3) is 5.56 Å². The minimum atomic E-state index is -3.80. The molecule has 0 fully saturated rings. The summed E-state index contributed by atoms with van der Waals surface area (Å²) in [4.78, 5) is 22.7. The van der Waals surface area contributed by atoms with E-state index in [2.05, 4.69) is 0 Å². The number of nitrogens with zero attached hydrogens (tertiary/aromatic N) is 2. The Morgan fingerprint density at radius 1 is 1.33 bits per heavy atom. The first-order chi connectivity index (χ1) is 6.72. The number of aromatic nitrogens is 2. The first-order valence-electron chi connectivity index (χ1n) is 3.90. The maximum absolute atomic E-state index is 11.4. The number of hydrogen-bond acceptors (Lipinski definition) is 4. The molecule has 0 saturated carbocycles. The van der Waals surface area contributed by atoms with E-state index in [1.165, 1.54) is 20.3 Å². The van der Waals surface area contributed by atoms with Crippen molar-refractivity contribution in [1.29, 1.82) is 0 Å². The predicted molar refractivity (Wildman–Crippen MR) is 55.4 cm³/mol. The van der Waals surface area contributed by atoms with Gasteiger partial charge in [0.1, 0.15) is 0 Å². The van der Waals surface area contributed by atoms with Crippen molar-refractivity contribution in [2.24, 2.45) is 14.1 Å². The van der Waals surface area contributed by atoms with Crippen molar-refractivity contribution < 1.29 is 8.42 Å². The number of halogens is 1. The molecule has 15 heavy (non-hydrogen) atoms. The van der Waals surface area contributed by atoms with Gasteiger partial charge in [0.2, 0.25) is 9.05 Å². The molecule has 0 aliphatic carbocycles. The highest BCUT2D eigenvalue weighted by Gasteiger charge is 2.13. The number of hydrogen-bond donors (Lipinski definition) is 0. The Bertz CT molecular complexity index is 598. The minimum Gasteiger partial charge on any atom is -0.303 e. The standard InChI is InChI=1S/C7H9ClN2O4S/c1-9-3-5(4-15(8,13)14)6(11)10(2)7(9)12/h3H,4H2,1-2H3. The molecule has 0 radical (unpaired) electrons. The van der Waals surface area contributed by atoms with Gasteiger partial charge in [0, 0.05) is 31.0 Å². The normalized spacial score (nSPS) is 11.7. The van der Waals surface area contributed by atoms with Crippen LogP contribution in [0.2, 0.25) is 0 Å². The molecule has 0 bridgehead atoms. The van der Waals surface area contributed by atoms with E-state index in [1.54, 1.807) is 0 Å². The van der Waals surface area contributed by atoms with E-state index in [-0.39, 0.29) is 5.56 Å². The van der Waals surface area contributed by atoms with E-state index < -0.39 is 26.1 Å². The van der Waals surface area contributed by atoms with Gasteiger partial charge in [-0.2, -0.15) is 0 Å². The quantitative estimate of drug-likeness (QED) is 0.643. The zero-order valence-electron chi connectivity index (χ0n) is 8.10. The summed E-state index contributed by atoms with van der Waals surface area (Å²) in [5.74, 6) is -0.588. The van der Waals surface area contributed by atoms with Crippen LogP contribution in [0.4, 0.5) is 0 Å². The lowest BCUT2D eigenvalue weighted by Gasteiger charge is -2.04. The average molecular weight is 253 g/mol. The lowest BCUT2D eigenvalue weighted by molar-refractivity contribution is 0.606. The molecule has 0 aliphatic heterocycles. The van der Waals surface area contributed by atoms with Crippen LogP contribution >= 0.6 is 10.7 Å². The molecule has 0 aliphatic rings. The molecule has 1 heterocycles. The molecule has 0 amide bonds. The highest BCUT2D eigenvalue weighted by atomic mass is 35.7. The van der Waals surface area contributed by atoms with Crippen LogP contribution in [0.3, 0.4) is 0 Å². The van der Waals surface area contributed by atoms with Gasteiger partial charge in [-0.15, -0.1) is 0 Å². The minimum absolute atomic E-state index is 0.0328. The fourth-order valence-electron chi connectivity index (χ4n) is 1.17. The van der Waals surface area contributed by atoms with E-state index in [1.807, 2.05) is 0 Å². The fraction of sp³-hybridized carbons (Fsp3) is 0.429. The van der Waals surface area contributed by atoms with Crippen LogP contribution in [0.5, 0.6) is 0 Å². The number of rotatable bonds is 2. The largest absolute Gasteiger partial charge is 0.330 e.